The number of rotatable bonds is 0. The fourth-order valence-corrected chi connectivity index (χ4v) is 2.91. The van der Waals surface area contributed by atoms with Crippen LogP contribution in [0.4, 0.5) is 0 Å². The third-order valence-corrected chi connectivity index (χ3v) is 3.92. The van der Waals surface area contributed by atoms with E-state index in [0.29, 0.717) is 0 Å². The van der Waals surface area contributed by atoms with Crippen LogP contribution in [0, 0.1) is 5.92 Å². The third-order valence-electron chi connectivity index (χ3n) is 3.92. The Bertz CT molecular complexity index is 179. The van der Waals surface area contributed by atoms with E-state index in [-0.39, 0.29) is 0 Å². The molecule has 0 aliphatic heterocycles. The average Bonchev–Trinajstić information content (AvgIpc) is 2.25. The molecule has 76 valence electrons. The number of aliphatic hydroxyl groups is 2. The molecule has 0 aromatic rings. The van der Waals surface area contributed by atoms with E-state index in [2.05, 4.69) is 0 Å². The lowest BCUT2D eigenvalue weighted by molar-refractivity contribution is -0.0913. The molecule has 0 radical (unpaired) electrons. The molecule has 2 bridgehead atoms. The molecule has 3 unspecified atom stereocenters. The standard InChI is InChI=1S/C11H20O2/c12-10-5-1-3-9-4-2-7-11(10,13)8-6-9/h9-10,12-13H,1-8H2. The summed E-state index contributed by atoms with van der Waals surface area (Å²) in [7, 11) is 0. The first kappa shape index (κ1) is 9.47. The monoisotopic (exact) mass is 184 g/mol. The van der Waals surface area contributed by atoms with Crippen molar-refractivity contribution in [2.24, 2.45) is 5.92 Å². The molecule has 0 aromatic carbocycles. The first-order valence-electron chi connectivity index (χ1n) is 5.61. The number of hydrogen-bond donors (Lipinski definition) is 2. The van der Waals surface area contributed by atoms with Crippen LogP contribution in [0.2, 0.25) is 0 Å². The Balaban J connectivity index is 2.13. The van der Waals surface area contributed by atoms with E-state index in [4.69, 9.17) is 0 Å². The van der Waals surface area contributed by atoms with Crippen molar-refractivity contribution in [1.82, 2.24) is 0 Å². The SMILES string of the molecule is OC1CCCC2CCCC1(O)CC2. The van der Waals surface area contributed by atoms with E-state index in [9.17, 15) is 10.2 Å². The lowest BCUT2D eigenvalue weighted by Crippen LogP contribution is -2.42. The van der Waals surface area contributed by atoms with Crippen LogP contribution in [0.1, 0.15) is 51.4 Å². The van der Waals surface area contributed by atoms with Crippen molar-refractivity contribution >= 4 is 0 Å². The van der Waals surface area contributed by atoms with E-state index in [1.807, 2.05) is 0 Å². The van der Waals surface area contributed by atoms with Gasteiger partial charge in [-0.15, -0.1) is 0 Å². The van der Waals surface area contributed by atoms with E-state index >= 15 is 0 Å². The molecule has 0 amide bonds. The van der Waals surface area contributed by atoms with Gasteiger partial charge in [0.05, 0.1) is 11.7 Å². The van der Waals surface area contributed by atoms with Crippen molar-refractivity contribution in [3.63, 3.8) is 0 Å². The molecule has 2 nitrogen and oxygen atoms in total. The first-order chi connectivity index (χ1) is 6.21. The Kier molecular flexibility index (Phi) is 2.61. The lowest BCUT2D eigenvalue weighted by atomic mass is 9.82. The van der Waals surface area contributed by atoms with E-state index in [1.54, 1.807) is 0 Å². The lowest BCUT2D eigenvalue weighted by Gasteiger charge is -2.33. The second-order valence-electron chi connectivity index (χ2n) is 4.85. The highest BCUT2D eigenvalue weighted by Gasteiger charge is 2.38. The number of hydrogen-bond acceptors (Lipinski definition) is 2. The molecule has 2 aliphatic carbocycles. The molecule has 2 aliphatic rings. The Morgan fingerprint density at radius 3 is 2.54 bits per heavy atom. The zero-order valence-corrected chi connectivity index (χ0v) is 8.21. The molecule has 2 heteroatoms. The smallest absolute Gasteiger partial charge is 0.0905 e. The summed E-state index contributed by atoms with van der Waals surface area (Å²) >= 11 is 0. The van der Waals surface area contributed by atoms with E-state index in [1.165, 1.54) is 12.8 Å². The molecular weight excluding hydrogens is 164 g/mol. The molecule has 13 heavy (non-hydrogen) atoms. The summed E-state index contributed by atoms with van der Waals surface area (Å²) in [5.74, 6) is 0.821. The Hall–Kier alpha value is -0.0800. The van der Waals surface area contributed by atoms with Gasteiger partial charge in [-0.1, -0.05) is 25.7 Å². The molecule has 2 saturated carbocycles. The van der Waals surface area contributed by atoms with Crippen LogP contribution >= 0.6 is 0 Å². The first-order valence-corrected chi connectivity index (χ1v) is 5.61. The maximum absolute atomic E-state index is 10.2. The van der Waals surface area contributed by atoms with Crippen molar-refractivity contribution in [2.75, 3.05) is 0 Å². The predicted molar refractivity (Wildman–Crippen MR) is 51.4 cm³/mol. The highest BCUT2D eigenvalue weighted by molar-refractivity contribution is 4.91. The van der Waals surface area contributed by atoms with Crippen LogP contribution in [-0.4, -0.2) is 21.9 Å². The van der Waals surface area contributed by atoms with Gasteiger partial charge >= 0.3 is 0 Å². The Labute approximate surface area is 80.0 Å². The summed E-state index contributed by atoms with van der Waals surface area (Å²) in [5, 5.41) is 20.1. The minimum Gasteiger partial charge on any atom is -0.390 e. The normalized spacial score (nSPS) is 46.6. The highest BCUT2D eigenvalue weighted by atomic mass is 16.3. The second kappa shape index (κ2) is 3.58. The Morgan fingerprint density at radius 1 is 0.923 bits per heavy atom. The van der Waals surface area contributed by atoms with Crippen LogP contribution in [0.25, 0.3) is 0 Å². The van der Waals surface area contributed by atoms with Gasteiger partial charge in [0.25, 0.3) is 0 Å². The zero-order chi connectivity index (χ0) is 9.31. The van der Waals surface area contributed by atoms with Gasteiger partial charge in [-0.05, 0) is 31.6 Å². The topological polar surface area (TPSA) is 40.5 Å². The molecule has 0 aromatic heterocycles. The third kappa shape index (κ3) is 1.89. The number of fused-ring (bicyclic) bond motifs is 3. The molecule has 0 spiro atoms. The van der Waals surface area contributed by atoms with Crippen LogP contribution in [0.3, 0.4) is 0 Å². The van der Waals surface area contributed by atoms with Crippen LogP contribution < -0.4 is 0 Å². The Morgan fingerprint density at radius 2 is 1.69 bits per heavy atom. The van der Waals surface area contributed by atoms with Gasteiger partial charge in [0.2, 0.25) is 0 Å². The van der Waals surface area contributed by atoms with Crippen molar-refractivity contribution in [3.05, 3.63) is 0 Å². The van der Waals surface area contributed by atoms with Crippen molar-refractivity contribution in [1.29, 1.82) is 0 Å². The summed E-state index contributed by atoms with van der Waals surface area (Å²) < 4.78 is 0. The average molecular weight is 184 g/mol. The van der Waals surface area contributed by atoms with Gasteiger partial charge in [-0.3, -0.25) is 0 Å². The number of aliphatic hydroxyl groups excluding tert-OH is 1. The fourth-order valence-electron chi connectivity index (χ4n) is 2.91. The molecule has 2 N–H and O–H groups in total. The van der Waals surface area contributed by atoms with Crippen molar-refractivity contribution < 1.29 is 10.2 Å². The summed E-state index contributed by atoms with van der Waals surface area (Å²) in [6, 6.07) is 0. The van der Waals surface area contributed by atoms with Gasteiger partial charge in [0.1, 0.15) is 0 Å². The molecule has 2 fully saturated rings. The van der Waals surface area contributed by atoms with Crippen LogP contribution in [0.5, 0.6) is 0 Å². The molecule has 0 saturated heterocycles. The van der Waals surface area contributed by atoms with Gasteiger partial charge in [0, 0.05) is 0 Å². The van der Waals surface area contributed by atoms with Gasteiger partial charge in [-0.2, -0.15) is 0 Å². The summed E-state index contributed by atoms with van der Waals surface area (Å²) in [6.07, 6.45) is 7.78. The van der Waals surface area contributed by atoms with Crippen LogP contribution in [0.15, 0.2) is 0 Å². The van der Waals surface area contributed by atoms with Crippen LogP contribution in [-0.2, 0) is 0 Å². The quantitative estimate of drug-likeness (QED) is 0.603. The summed E-state index contributed by atoms with van der Waals surface area (Å²) in [4.78, 5) is 0. The van der Waals surface area contributed by atoms with Crippen molar-refractivity contribution in [3.8, 4) is 0 Å². The molecule has 2 rings (SSSR count). The maximum atomic E-state index is 10.2. The molecular formula is C11H20O2. The fraction of sp³-hybridized carbons (Fsp3) is 1.00. The van der Waals surface area contributed by atoms with E-state index < -0.39 is 11.7 Å². The van der Waals surface area contributed by atoms with Crippen molar-refractivity contribution in [2.45, 2.75) is 63.1 Å². The summed E-state index contributed by atoms with van der Waals surface area (Å²) in [5.41, 5.74) is -0.741. The minimum absolute atomic E-state index is 0.466. The predicted octanol–water partition coefficient (Wildman–Crippen LogP) is 1.84. The van der Waals surface area contributed by atoms with E-state index in [0.717, 1.165) is 44.4 Å². The molecule has 0 heterocycles. The molecule has 3 atom stereocenters. The highest BCUT2D eigenvalue weighted by Crippen LogP contribution is 2.38. The second-order valence-corrected chi connectivity index (χ2v) is 4.85. The minimum atomic E-state index is -0.741. The summed E-state index contributed by atoms with van der Waals surface area (Å²) in [6.45, 7) is 0. The largest absolute Gasteiger partial charge is 0.390 e. The van der Waals surface area contributed by atoms with Gasteiger partial charge < -0.3 is 10.2 Å². The zero-order valence-electron chi connectivity index (χ0n) is 8.21. The maximum Gasteiger partial charge on any atom is 0.0905 e. The van der Waals surface area contributed by atoms with Gasteiger partial charge in [0.15, 0.2) is 0 Å². The van der Waals surface area contributed by atoms with Gasteiger partial charge in [-0.25, -0.2) is 0 Å².